The number of nitrogens with one attached hydrogen (secondary N) is 1. The standard InChI is InChI=1S/C12H11N3O2/c16-11-3-1-2-6-15(11)10-7-9(8-4-5-8)13-12(17)14-10/h1-3,6-8H,4-5H2,(H,13,14,17). The smallest absolute Gasteiger partial charge is 0.309 e. The molecular weight excluding hydrogens is 218 g/mol. The van der Waals surface area contributed by atoms with Crippen molar-refractivity contribution in [2.24, 2.45) is 0 Å². The van der Waals surface area contributed by atoms with E-state index >= 15 is 0 Å². The molecule has 1 aliphatic rings. The molecule has 2 heterocycles. The summed E-state index contributed by atoms with van der Waals surface area (Å²) in [6.45, 7) is 0. The fourth-order valence-corrected chi connectivity index (χ4v) is 1.82. The number of hydrogen-bond donors (Lipinski definition) is 1. The van der Waals surface area contributed by atoms with Crippen LogP contribution in [0.1, 0.15) is 24.5 Å². The Kier molecular flexibility index (Phi) is 2.18. The van der Waals surface area contributed by atoms with Crippen molar-refractivity contribution in [3.05, 3.63) is 57.0 Å². The monoisotopic (exact) mass is 229 g/mol. The Morgan fingerprint density at radius 3 is 2.82 bits per heavy atom. The van der Waals surface area contributed by atoms with Gasteiger partial charge in [0.1, 0.15) is 5.82 Å². The molecular formula is C12H11N3O2. The molecule has 0 aliphatic heterocycles. The van der Waals surface area contributed by atoms with Crippen molar-refractivity contribution in [1.82, 2.24) is 14.5 Å². The Morgan fingerprint density at radius 1 is 1.29 bits per heavy atom. The topological polar surface area (TPSA) is 67.8 Å². The Hall–Kier alpha value is -2.17. The van der Waals surface area contributed by atoms with Crippen molar-refractivity contribution in [3.8, 4) is 5.82 Å². The van der Waals surface area contributed by atoms with Crippen LogP contribution in [-0.2, 0) is 0 Å². The molecule has 0 spiro atoms. The zero-order valence-electron chi connectivity index (χ0n) is 9.09. The van der Waals surface area contributed by atoms with Gasteiger partial charge in [-0.3, -0.25) is 9.36 Å². The molecule has 0 aromatic carbocycles. The first-order chi connectivity index (χ1) is 8.24. The van der Waals surface area contributed by atoms with E-state index in [1.165, 1.54) is 10.6 Å². The number of H-pyrrole nitrogens is 1. The second-order valence-electron chi connectivity index (χ2n) is 4.18. The molecule has 0 saturated heterocycles. The van der Waals surface area contributed by atoms with Crippen LogP contribution in [-0.4, -0.2) is 14.5 Å². The van der Waals surface area contributed by atoms with Crippen LogP contribution < -0.4 is 11.2 Å². The van der Waals surface area contributed by atoms with Gasteiger partial charge in [-0.2, -0.15) is 4.98 Å². The van der Waals surface area contributed by atoms with Crippen molar-refractivity contribution in [1.29, 1.82) is 0 Å². The SMILES string of the molecule is O=c1nc(-n2ccccc2=O)cc(C2CC2)[nH]1. The van der Waals surface area contributed by atoms with Crippen LogP contribution in [0.4, 0.5) is 0 Å². The maximum atomic E-state index is 11.6. The quantitative estimate of drug-likeness (QED) is 0.828. The van der Waals surface area contributed by atoms with Crippen LogP contribution in [0.5, 0.6) is 0 Å². The van der Waals surface area contributed by atoms with Crippen molar-refractivity contribution < 1.29 is 0 Å². The molecule has 1 aliphatic carbocycles. The van der Waals surface area contributed by atoms with Crippen molar-refractivity contribution in [2.45, 2.75) is 18.8 Å². The summed E-state index contributed by atoms with van der Waals surface area (Å²) >= 11 is 0. The lowest BCUT2D eigenvalue weighted by atomic mass is 10.3. The number of aromatic amines is 1. The van der Waals surface area contributed by atoms with Crippen molar-refractivity contribution >= 4 is 0 Å². The normalized spacial score (nSPS) is 14.8. The largest absolute Gasteiger partial charge is 0.347 e. The maximum absolute atomic E-state index is 11.6. The van der Waals surface area contributed by atoms with Gasteiger partial charge in [0.15, 0.2) is 0 Å². The zero-order chi connectivity index (χ0) is 11.8. The van der Waals surface area contributed by atoms with E-state index in [0.717, 1.165) is 18.5 Å². The van der Waals surface area contributed by atoms with Crippen LogP contribution >= 0.6 is 0 Å². The molecule has 86 valence electrons. The number of hydrogen-bond acceptors (Lipinski definition) is 3. The van der Waals surface area contributed by atoms with E-state index in [9.17, 15) is 9.59 Å². The van der Waals surface area contributed by atoms with E-state index in [0.29, 0.717) is 11.7 Å². The molecule has 0 unspecified atom stereocenters. The summed E-state index contributed by atoms with van der Waals surface area (Å²) in [7, 11) is 0. The lowest BCUT2D eigenvalue weighted by Gasteiger charge is -2.05. The van der Waals surface area contributed by atoms with Gasteiger partial charge in [-0.15, -0.1) is 0 Å². The van der Waals surface area contributed by atoms with Gasteiger partial charge < -0.3 is 4.98 Å². The summed E-state index contributed by atoms with van der Waals surface area (Å²) in [4.78, 5) is 29.6. The summed E-state index contributed by atoms with van der Waals surface area (Å²) in [5, 5.41) is 0. The van der Waals surface area contributed by atoms with Gasteiger partial charge in [-0.05, 0) is 24.8 Å². The van der Waals surface area contributed by atoms with Gasteiger partial charge in [0.2, 0.25) is 0 Å². The van der Waals surface area contributed by atoms with Crippen LogP contribution in [0, 0.1) is 0 Å². The van der Waals surface area contributed by atoms with Crippen LogP contribution in [0.2, 0.25) is 0 Å². The summed E-state index contributed by atoms with van der Waals surface area (Å²) in [5.41, 5.74) is 0.281. The third kappa shape index (κ3) is 1.91. The van der Waals surface area contributed by atoms with Crippen molar-refractivity contribution in [3.63, 3.8) is 0 Å². The highest BCUT2D eigenvalue weighted by Crippen LogP contribution is 2.38. The van der Waals surface area contributed by atoms with Gasteiger partial charge in [-0.1, -0.05) is 6.07 Å². The van der Waals surface area contributed by atoms with Crippen LogP contribution in [0.3, 0.4) is 0 Å². The Balaban J connectivity index is 2.17. The summed E-state index contributed by atoms with van der Waals surface area (Å²) in [6.07, 6.45) is 3.78. The molecule has 0 radical (unpaired) electrons. The first-order valence-corrected chi connectivity index (χ1v) is 5.53. The van der Waals surface area contributed by atoms with E-state index in [4.69, 9.17) is 0 Å². The summed E-state index contributed by atoms with van der Waals surface area (Å²) in [6, 6.07) is 6.62. The van der Waals surface area contributed by atoms with E-state index < -0.39 is 5.69 Å². The minimum atomic E-state index is -0.403. The molecule has 1 fully saturated rings. The lowest BCUT2D eigenvalue weighted by Crippen LogP contribution is -2.22. The third-order valence-electron chi connectivity index (χ3n) is 2.84. The number of nitrogens with zero attached hydrogens (tertiary/aromatic N) is 2. The van der Waals surface area contributed by atoms with Gasteiger partial charge in [0.05, 0.1) is 0 Å². The molecule has 0 atom stereocenters. The predicted molar refractivity (Wildman–Crippen MR) is 62.4 cm³/mol. The summed E-state index contributed by atoms with van der Waals surface area (Å²) in [5.74, 6) is 0.810. The zero-order valence-corrected chi connectivity index (χ0v) is 9.09. The van der Waals surface area contributed by atoms with Crippen LogP contribution in [0.25, 0.3) is 5.82 Å². The minimum Gasteiger partial charge on any atom is -0.309 e. The molecule has 1 N–H and O–H groups in total. The maximum Gasteiger partial charge on any atom is 0.347 e. The second kappa shape index (κ2) is 3.69. The molecule has 5 nitrogen and oxygen atoms in total. The van der Waals surface area contributed by atoms with Gasteiger partial charge >= 0.3 is 5.69 Å². The number of rotatable bonds is 2. The van der Waals surface area contributed by atoms with Gasteiger partial charge in [0, 0.05) is 24.0 Å². The van der Waals surface area contributed by atoms with E-state index in [-0.39, 0.29) is 5.56 Å². The molecule has 2 aromatic heterocycles. The predicted octanol–water partition coefficient (Wildman–Crippen LogP) is 0.798. The third-order valence-corrected chi connectivity index (χ3v) is 2.84. The molecule has 0 amide bonds. The Morgan fingerprint density at radius 2 is 2.12 bits per heavy atom. The molecule has 2 aromatic rings. The molecule has 3 rings (SSSR count). The minimum absolute atomic E-state index is 0.188. The van der Waals surface area contributed by atoms with E-state index in [1.54, 1.807) is 24.4 Å². The molecule has 1 saturated carbocycles. The first-order valence-electron chi connectivity index (χ1n) is 5.53. The van der Waals surface area contributed by atoms with E-state index in [1.807, 2.05) is 0 Å². The molecule has 5 heteroatoms. The highest BCUT2D eigenvalue weighted by molar-refractivity contribution is 5.27. The lowest BCUT2D eigenvalue weighted by molar-refractivity contribution is 0.870. The van der Waals surface area contributed by atoms with Crippen LogP contribution in [0.15, 0.2) is 40.1 Å². The Labute approximate surface area is 96.8 Å². The Bertz CT molecular complexity index is 668. The highest BCUT2D eigenvalue weighted by Gasteiger charge is 2.25. The fourth-order valence-electron chi connectivity index (χ4n) is 1.82. The fraction of sp³-hybridized carbons (Fsp3) is 0.250. The first kappa shape index (κ1) is 10.0. The van der Waals surface area contributed by atoms with Crippen molar-refractivity contribution in [2.75, 3.05) is 0 Å². The number of pyridine rings is 1. The molecule has 0 bridgehead atoms. The molecule has 17 heavy (non-hydrogen) atoms. The average molecular weight is 229 g/mol. The summed E-state index contributed by atoms with van der Waals surface area (Å²) < 4.78 is 1.38. The highest BCUT2D eigenvalue weighted by atomic mass is 16.1. The second-order valence-corrected chi connectivity index (χ2v) is 4.18. The van der Waals surface area contributed by atoms with Gasteiger partial charge in [0.25, 0.3) is 5.56 Å². The van der Waals surface area contributed by atoms with Gasteiger partial charge in [-0.25, -0.2) is 4.79 Å². The van der Waals surface area contributed by atoms with E-state index in [2.05, 4.69) is 9.97 Å². The number of aromatic nitrogens is 3. The average Bonchev–Trinajstić information content (AvgIpc) is 3.12.